The summed E-state index contributed by atoms with van der Waals surface area (Å²) < 4.78 is 2.02. The third-order valence-corrected chi connectivity index (χ3v) is 3.13. The van der Waals surface area contributed by atoms with Crippen LogP contribution in [0.5, 0.6) is 0 Å². The van der Waals surface area contributed by atoms with Gasteiger partial charge in [0.25, 0.3) is 0 Å². The predicted molar refractivity (Wildman–Crippen MR) is 78.1 cm³/mol. The maximum Gasteiger partial charge on any atom is 0.131 e. The van der Waals surface area contributed by atoms with Crippen LogP contribution in [-0.4, -0.2) is 29.4 Å². The first-order valence-corrected chi connectivity index (χ1v) is 6.99. The van der Waals surface area contributed by atoms with Crippen LogP contribution in [-0.2, 0) is 13.6 Å². The average Bonchev–Trinajstić information content (AvgIpc) is 2.58. The van der Waals surface area contributed by atoms with Crippen LogP contribution in [0.25, 0.3) is 0 Å². The lowest BCUT2D eigenvalue weighted by atomic mass is 10.1. The third-order valence-electron chi connectivity index (χ3n) is 3.13. The lowest BCUT2D eigenvalue weighted by Gasteiger charge is -2.26. The minimum Gasteiger partial charge on any atom is -0.357 e. The summed E-state index contributed by atoms with van der Waals surface area (Å²) in [5.74, 6) is 1.93. The Balaban J connectivity index is 3.03. The van der Waals surface area contributed by atoms with Crippen LogP contribution < -0.4 is 10.2 Å². The third kappa shape index (κ3) is 3.48. The summed E-state index contributed by atoms with van der Waals surface area (Å²) in [7, 11) is 2.04. The van der Waals surface area contributed by atoms with Crippen LogP contribution in [0.1, 0.15) is 39.0 Å². The SMILES string of the molecule is CCNCc1c(C)nn(C)c1N(CC)CC(C)C. The second-order valence-corrected chi connectivity index (χ2v) is 5.22. The van der Waals surface area contributed by atoms with E-state index in [2.05, 4.69) is 49.9 Å². The molecular formula is C14H28N4. The molecule has 18 heavy (non-hydrogen) atoms. The Kier molecular flexibility index (Phi) is 5.66. The van der Waals surface area contributed by atoms with Crippen molar-refractivity contribution in [2.75, 3.05) is 24.5 Å². The van der Waals surface area contributed by atoms with Crippen molar-refractivity contribution >= 4 is 5.82 Å². The van der Waals surface area contributed by atoms with Crippen molar-refractivity contribution < 1.29 is 0 Å². The number of nitrogens with zero attached hydrogens (tertiary/aromatic N) is 3. The van der Waals surface area contributed by atoms with Gasteiger partial charge in [-0.1, -0.05) is 20.8 Å². The standard InChI is InChI=1S/C14H28N4/c1-7-15-9-13-12(5)16-17(6)14(13)18(8-2)10-11(3)4/h11,15H,7-10H2,1-6H3. The van der Waals surface area contributed by atoms with Gasteiger partial charge in [-0.2, -0.15) is 5.10 Å². The lowest BCUT2D eigenvalue weighted by Crippen LogP contribution is -2.30. The van der Waals surface area contributed by atoms with E-state index in [0.717, 1.165) is 31.9 Å². The monoisotopic (exact) mass is 252 g/mol. The molecule has 0 aliphatic rings. The molecule has 104 valence electrons. The molecule has 4 heteroatoms. The number of hydrogen-bond donors (Lipinski definition) is 1. The van der Waals surface area contributed by atoms with Gasteiger partial charge in [-0.25, -0.2) is 0 Å². The number of rotatable bonds is 7. The van der Waals surface area contributed by atoms with E-state index in [1.54, 1.807) is 0 Å². The quantitative estimate of drug-likeness (QED) is 0.808. The van der Waals surface area contributed by atoms with Gasteiger partial charge in [-0.05, 0) is 26.3 Å². The molecule has 0 fully saturated rings. The van der Waals surface area contributed by atoms with Crippen molar-refractivity contribution in [3.8, 4) is 0 Å². The van der Waals surface area contributed by atoms with E-state index in [-0.39, 0.29) is 0 Å². The minimum atomic E-state index is 0.659. The van der Waals surface area contributed by atoms with Crippen molar-refractivity contribution in [2.24, 2.45) is 13.0 Å². The molecule has 0 saturated carbocycles. The number of aryl methyl sites for hydroxylation is 2. The highest BCUT2D eigenvalue weighted by atomic mass is 15.4. The highest BCUT2D eigenvalue weighted by Gasteiger charge is 2.18. The molecule has 0 bridgehead atoms. The van der Waals surface area contributed by atoms with Crippen molar-refractivity contribution in [2.45, 2.75) is 41.2 Å². The molecule has 0 radical (unpaired) electrons. The molecule has 4 nitrogen and oxygen atoms in total. The first-order valence-electron chi connectivity index (χ1n) is 6.99. The Hall–Kier alpha value is -1.03. The summed E-state index contributed by atoms with van der Waals surface area (Å²) in [4.78, 5) is 2.43. The fourth-order valence-corrected chi connectivity index (χ4v) is 2.35. The highest BCUT2D eigenvalue weighted by molar-refractivity contribution is 5.50. The van der Waals surface area contributed by atoms with Crippen molar-refractivity contribution in [3.05, 3.63) is 11.3 Å². The van der Waals surface area contributed by atoms with E-state index in [0.29, 0.717) is 5.92 Å². The number of nitrogens with one attached hydrogen (secondary N) is 1. The molecule has 0 saturated heterocycles. The van der Waals surface area contributed by atoms with Crippen LogP contribution in [0.2, 0.25) is 0 Å². The fraction of sp³-hybridized carbons (Fsp3) is 0.786. The molecule has 0 spiro atoms. The van der Waals surface area contributed by atoms with Gasteiger partial charge in [0.2, 0.25) is 0 Å². The molecule has 1 aromatic rings. The molecule has 1 aromatic heterocycles. The number of aromatic nitrogens is 2. The molecule has 0 aliphatic heterocycles. The van der Waals surface area contributed by atoms with Crippen molar-refractivity contribution in [3.63, 3.8) is 0 Å². The van der Waals surface area contributed by atoms with Crippen LogP contribution >= 0.6 is 0 Å². The average molecular weight is 252 g/mol. The van der Waals surface area contributed by atoms with E-state index >= 15 is 0 Å². The molecule has 1 heterocycles. The summed E-state index contributed by atoms with van der Waals surface area (Å²) in [5, 5.41) is 7.99. The molecule has 0 unspecified atom stereocenters. The van der Waals surface area contributed by atoms with Crippen LogP contribution in [0.3, 0.4) is 0 Å². The molecule has 1 N–H and O–H groups in total. The van der Waals surface area contributed by atoms with Gasteiger partial charge in [0.15, 0.2) is 0 Å². The van der Waals surface area contributed by atoms with Gasteiger partial charge in [0.1, 0.15) is 5.82 Å². The Morgan fingerprint density at radius 3 is 2.50 bits per heavy atom. The Bertz CT molecular complexity index is 368. The van der Waals surface area contributed by atoms with Gasteiger partial charge in [0.05, 0.1) is 5.69 Å². The zero-order chi connectivity index (χ0) is 13.7. The van der Waals surface area contributed by atoms with Gasteiger partial charge in [-0.3, -0.25) is 4.68 Å². The van der Waals surface area contributed by atoms with Gasteiger partial charge >= 0.3 is 0 Å². The summed E-state index contributed by atoms with van der Waals surface area (Å²) in [6, 6.07) is 0. The highest BCUT2D eigenvalue weighted by Crippen LogP contribution is 2.23. The van der Waals surface area contributed by atoms with Gasteiger partial charge in [0, 0.05) is 32.2 Å². The summed E-state index contributed by atoms with van der Waals surface area (Å²) in [6.07, 6.45) is 0. The van der Waals surface area contributed by atoms with Crippen molar-refractivity contribution in [1.29, 1.82) is 0 Å². The van der Waals surface area contributed by atoms with E-state index in [1.165, 1.54) is 11.4 Å². The zero-order valence-corrected chi connectivity index (χ0v) is 12.7. The maximum absolute atomic E-state index is 4.58. The summed E-state index contributed by atoms with van der Waals surface area (Å²) >= 11 is 0. The Morgan fingerprint density at radius 1 is 1.33 bits per heavy atom. The van der Waals surface area contributed by atoms with Crippen molar-refractivity contribution in [1.82, 2.24) is 15.1 Å². The summed E-state index contributed by atoms with van der Waals surface area (Å²) in [6.45, 7) is 15.0. The second kappa shape index (κ2) is 6.78. The fourth-order valence-electron chi connectivity index (χ4n) is 2.35. The molecular weight excluding hydrogens is 224 g/mol. The van der Waals surface area contributed by atoms with Crippen LogP contribution in [0.4, 0.5) is 5.82 Å². The summed E-state index contributed by atoms with van der Waals surface area (Å²) in [5.41, 5.74) is 2.47. The van der Waals surface area contributed by atoms with E-state index in [1.807, 2.05) is 11.7 Å². The van der Waals surface area contributed by atoms with Gasteiger partial charge in [-0.15, -0.1) is 0 Å². The van der Waals surface area contributed by atoms with Crippen LogP contribution in [0, 0.1) is 12.8 Å². The first kappa shape index (κ1) is 15.0. The smallest absolute Gasteiger partial charge is 0.131 e. The molecule has 1 rings (SSSR count). The topological polar surface area (TPSA) is 33.1 Å². The first-order chi connectivity index (χ1) is 8.51. The molecule has 0 aliphatic carbocycles. The minimum absolute atomic E-state index is 0.659. The van der Waals surface area contributed by atoms with Gasteiger partial charge < -0.3 is 10.2 Å². The molecule has 0 atom stereocenters. The molecule has 0 amide bonds. The second-order valence-electron chi connectivity index (χ2n) is 5.22. The Labute approximate surface area is 111 Å². The van der Waals surface area contributed by atoms with E-state index in [9.17, 15) is 0 Å². The molecule has 0 aromatic carbocycles. The van der Waals surface area contributed by atoms with Crippen LogP contribution in [0.15, 0.2) is 0 Å². The lowest BCUT2D eigenvalue weighted by molar-refractivity contribution is 0.596. The normalized spacial score (nSPS) is 11.3. The zero-order valence-electron chi connectivity index (χ0n) is 12.7. The number of anilines is 1. The maximum atomic E-state index is 4.58. The van der Waals surface area contributed by atoms with E-state index in [4.69, 9.17) is 0 Å². The number of hydrogen-bond acceptors (Lipinski definition) is 3. The Morgan fingerprint density at radius 2 is 2.00 bits per heavy atom. The van der Waals surface area contributed by atoms with E-state index < -0.39 is 0 Å². The largest absolute Gasteiger partial charge is 0.357 e. The predicted octanol–water partition coefficient (Wildman–Crippen LogP) is 2.32.